The Morgan fingerprint density at radius 1 is 1.40 bits per heavy atom. The molecule has 0 saturated carbocycles. The minimum Gasteiger partial charge on any atom is -0.368 e. The smallest absolute Gasteiger partial charge is 0.270 e. The van der Waals surface area contributed by atoms with E-state index in [4.69, 9.17) is 0 Å². The molecule has 6 heteroatoms. The van der Waals surface area contributed by atoms with Gasteiger partial charge in [0.25, 0.3) is 5.91 Å². The number of nitrogens with zero attached hydrogens (tertiary/aromatic N) is 3. The number of hydrogen-bond acceptors (Lipinski definition) is 4. The van der Waals surface area contributed by atoms with E-state index in [0.29, 0.717) is 25.3 Å². The standard InChI is InChI=1S/C14H18N4O2/c1-2-4-16-14(20)13-10-12(3-5-15-13)18-8-6-17(11-19)7-9-18/h2-3,5,10-11H,1,4,6-9H2,(H,16,20). The van der Waals surface area contributed by atoms with Crippen LogP contribution in [0.1, 0.15) is 10.5 Å². The van der Waals surface area contributed by atoms with Crippen molar-refractivity contribution in [3.05, 3.63) is 36.7 Å². The van der Waals surface area contributed by atoms with Gasteiger partial charge in [-0.1, -0.05) is 6.08 Å². The fourth-order valence-corrected chi connectivity index (χ4v) is 2.08. The number of nitrogens with one attached hydrogen (secondary N) is 1. The van der Waals surface area contributed by atoms with Gasteiger partial charge >= 0.3 is 0 Å². The van der Waals surface area contributed by atoms with Gasteiger partial charge in [-0.2, -0.15) is 0 Å². The molecule has 1 aliphatic heterocycles. The molecule has 20 heavy (non-hydrogen) atoms. The van der Waals surface area contributed by atoms with E-state index in [2.05, 4.69) is 21.8 Å². The molecule has 1 fully saturated rings. The summed E-state index contributed by atoms with van der Waals surface area (Å²) in [6.45, 7) is 6.89. The van der Waals surface area contributed by atoms with Gasteiger partial charge in [0, 0.05) is 44.6 Å². The Morgan fingerprint density at radius 3 is 2.80 bits per heavy atom. The summed E-state index contributed by atoms with van der Waals surface area (Å²) in [7, 11) is 0. The molecule has 0 bridgehead atoms. The number of pyridine rings is 1. The molecule has 0 radical (unpaired) electrons. The van der Waals surface area contributed by atoms with Crippen LogP contribution in [0.3, 0.4) is 0 Å². The van der Waals surface area contributed by atoms with E-state index in [0.717, 1.165) is 25.2 Å². The second-order valence-electron chi connectivity index (χ2n) is 4.53. The first-order chi connectivity index (χ1) is 9.74. The highest BCUT2D eigenvalue weighted by molar-refractivity contribution is 5.93. The van der Waals surface area contributed by atoms with Crippen LogP contribution in [0.15, 0.2) is 31.0 Å². The van der Waals surface area contributed by atoms with Gasteiger partial charge in [0.1, 0.15) is 5.69 Å². The van der Waals surface area contributed by atoms with Crippen molar-refractivity contribution < 1.29 is 9.59 Å². The van der Waals surface area contributed by atoms with E-state index in [9.17, 15) is 9.59 Å². The van der Waals surface area contributed by atoms with E-state index in [1.54, 1.807) is 23.2 Å². The Hall–Kier alpha value is -2.37. The third-order valence-corrected chi connectivity index (χ3v) is 3.21. The van der Waals surface area contributed by atoms with Crippen LogP contribution in [-0.4, -0.2) is 54.9 Å². The number of carbonyl (C=O) groups is 2. The molecular weight excluding hydrogens is 256 g/mol. The van der Waals surface area contributed by atoms with E-state index in [1.807, 2.05) is 6.07 Å². The van der Waals surface area contributed by atoms with Gasteiger partial charge in [0.2, 0.25) is 6.41 Å². The second-order valence-corrected chi connectivity index (χ2v) is 4.53. The van der Waals surface area contributed by atoms with Crippen molar-refractivity contribution in [2.75, 3.05) is 37.6 Å². The molecule has 0 unspecified atom stereocenters. The van der Waals surface area contributed by atoms with Crippen LogP contribution in [0, 0.1) is 0 Å². The maximum atomic E-state index is 11.8. The highest BCUT2D eigenvalue weighted by atomic mass is 16.2. The number of aromatic nitrogens is 1. The van der Waals surface area contributed by atoms with E-state index in [1.165, 1.54) is 0 Å². The molecule has 2 rings (SSSR count). The normalized spacial score (nSPS) is 14.8. The third kappa shape index (κ3) is 3.34. The Bertz CT molecular complexity index is 496. The summed E-state index contributed by atoms with van der Waals surface area (Å²) in [5.41, 5.74) is 1.34. The average molecular weight is 274 g/mol. The first-order valence-electron chi connectivity index (χ1n) is 6.54. The summed E-state index contributed by atoms with van der Waals surface area (Å²) >= 11 is 0. The number of hydrogen-bond donors (Lipinski definition) is 1. The maximum Gasteiger partial charge on any atom is 0.270 e. The highest BCUT2D eigenvalue weighted by Gasteiger charge is 2.17. The number of piperazine rings is 1. The van der Waals surface area contributed by atoms with Crippen molar-refractivity contribution in [3.63, 3.8) is 0 Å². The molecule has 0 aromatic carbocycles. The van der Waals surface area contributed by atoms with Crippen molar-refractivity contribution in [2.45, 2.75) is 0 Å². The molecule has 2 heterocycles. The van der Waals surface area contributed by atoms with Gasteiger partial charge in [0.05, 0.1) is 0 Å². The summed E-state index contributed by atoms with van der Waals surface area (Å²) in [6, 6.07) is 3.65. The molecule has 2 amide bonds. The summed E-state index contributed by atoms with van der Waals surface area (Å²) < 4.78 is 0. The Labute approximate surface area is 118 Å². The lowest BCUT2D eigenvalue weighted by Gasteiger charge is -2.34. The lowest BCUT2D eigenvalue weighted by molar-refractivity contribution is -0.118. The van der Waals surface area contributed by atoms with Crippen LogP contribution in [0.5, 0.6) is 0 Å². The van der Waals surface area contributed by atoms with Gasteiger partial charge in [-0.05, 0) is 12.1 Å². The van der Waals surface area contributed by atoms with Crippen molar-refractivity contribution >= 4 is 18.0 Å². The Kier molecular flexibility index (Phi) is 4.70. The van der Waals surface area contributed by atoms with Gasteiger partial charge in [-0.15, -0.1) is 6.58 Å². The molecular formula is C14H18N4O2. The number of carbonyl (C=O) groups excluding carboxylic acids is 2. The monoisotopic (exact) mass is 274 g/mol. The summed E-state index contributed by atoms with van der Waals surface area (Å²) in [5.74, 6) is -0.210. The van der Waals surface area contributed by atoms with Crippen LogP contribution < -0.4 is 10.2 Å². The molecule has 0 aliphatic carbocycles. The SMILES string of the molecule is C=CCNC(=O)c1cc(N2CCN(C=O)CC2)ccn1. The zero-order valence-electron chi connectivity index (χ0n) is 11.3. The predicted molar refractivity (Wildman–Crippen MR) is 76.6 cm³/mol. The topological polar surface area (TPSA) is 65.5 Å². The third-order valence-electron chi connectivity index (χ3n) is 3.21. The van der Waals surface area contributed by atoms with Gasteiger partial charge < -0.3 is 15.1 Å². The van der Waals surface area contributed by atoms with Crippen LogP contribution in [0.4, 0.5) is 5.69 Å². The fraction of sp³-hybridized carbons (Fsp3) is 0.357. The lowest BCUT2D eigenvalue weighted by Crippen LogP contribution is -2.45. The number of amides is 2. The van der Waals surface area contributed by atoms with E-state index < -0.39 is 0 Å². The first-order valence-corrected chi connectivity index (χ1v) is 6.54. The molecule has 1 N–H and O–H groups in total. The largest absolute Gasteiger partial charge is 0.368 e. The highest BCUT2D eigenvalue weighted by Crippen LogP contribution is 2.16. The quantitative estimate of drug-likeness (QED) is 0.618. The van der Waals surface area contributed by atoms with Crippen molar-refractivity contribution in [2.24, 2.45) is 0 Å². The zero-order valence-corrected chi connectivity index (χ0v) is 11.3. The minimum atomic E-state index is -0.210. The second kappa shape index (κ2) is 6.70. The van der Waals surface area contributed by atoms with Gasteiger partial charge in [-0.25, -0.2) is 0 Å². The predicted octanol–water partition coefficient (Wildman–Crippen LogP) is 0.276. The average Bonchev–Trinajstić information content (AvgIpc) is 2.52. The Morgan fingerprint density at radius 2 is 2.15 bits per heavy atom. The van der Waals surface area contributed by atoms with Crippen molar-refractivity contribution in [1.29, 1.82) is 0 Å². The van der Waals surface area contributed by atoms with E-state index in [-0.39, 0.29) is 5.91 Å². The Balaban J connectivity index is 2.04. The van der Waals surface area contributed by atoms with Gasteiger partial charge in [0.15, 0.2) is 0 Å². The molecule has 1 saturated heterocycles. The fourth-order valence-electron chi connectivity index (χ4n) is 2.08. The zero-order chi connectivity index (χ0) is 14.4. The molecule has 1 aromatic heterocycles. The summed E-state index contributed by atoms with van der Waals surface area (Å²) in [4.78, 5) is 30.5. The molecule has 106 valence electrons. The van der Waals surface area contributed by atoms with E-state index >= 15 is 0 Å². The minimum absolute atomic E-state index is 0.210. The number of anilines is 1. The molecule has 0 spiro atoms. The van der Waals surface area contributed by atoms with Crippen LogP contribution >= 0.6 is 0 Å². The van der Waals surface area contributed by atoms with Gasteiger partial charge in [-0.3, -0.25) is 14.6 Å². The summed E-state index contributed by atoms with van der Waals surface area (Å²) in [5, 5.41) is 2.70. The van der Waals surface area contributed by atoms with Crippen molar-refractivity contribution in [1.82, 2.24) is 15.2 Å². The van der Waals surface area contributed by atoms with Crippen molar-refractivity contribution in [3.8, 4) is 0 Å². The lowest BCUT2D eigenvalue weighted by atomic mass is 10.2. The van der Waals surface area contributed by atoms with Crippen LogP contribution in [0.2, 0.25) is 0 Å². The molecule has 0 atom stereocenters. The molecule has 1 aromatic rings. The summed E-state index contributed by atoms with van der Waals surface area (Å²) in [6.07, 6.45) is 4.13. The first kappa shape index (κ1) is 14.0. The van der Waals surface area contributed by atoms with Crippen LogP contribution in [0.25, 0.3) is 0 Å². The number of rotatable bonds is 5. The molecule has 6 nitrogen and oxygen atoms in total. The molecule has 1 aliphatic rings. The van der Waals surface area contributed by atoms with Crippen LogP contribution in [-0.2, 0) is 4.79 Å². The maximum absolute atomic E-state index is 11.8.